The highest BCUT2D eigenvalue weighted by molar-refractivity contribution is 6.04. The zero-order valence-corrected chi connectivity index (χ0v) is 21.5. The zero-order valence-electron chi connectivity index (χ0n) is 21.5. The molecular formula is C28H37N3O4. The van der Waals surface area contributed by atoms with E-state index in [-0.39, 0.29) is 17.7 Å². The number of aromatic nitrogens is 1. The van der Waals surface area contributed by atoms with E-state index >= 15 is 0 Å². The Morgan fingerprint density at radius 1 is 1.14 bits per heavy atom. The number of aryl methyl sites for hydroxylation is 1. The molecule has 4 rings (SSSR count). The van der Waals surface area contributed by atoms with Crippen LogP contribution in [-0.4, -0.2) is 40.7 Å². The van der Waals surface area contributed by atoms with Crippen LogP contribution in [0.15, 0.2) is 34.9 Å². The van der Waals surface area contributed by atoms with Crippen molar-refractivity contribution in [2.24, 2.45) is 5.92 Å². The Morgan fingerprint density at radius 2 is 1.89 bits per heavy atom. The normalized spacial score (nSPS) is 19.3. The second-order valence-corrected chi connectivity index (χ2v) is 10.9. The molecule has 1 aliphatic carbocycles. The number of carbonyl (C=O) groups is 2. The average molecular weight is 480 g/mol. The molecule has 188 valence electrons. The monoisotopic (exact) mass is 479 g/mol. The van der Waals surface area contributed by atoms with Crippen molar-refractivity contribution >= 4 is 23.3 Å². The van der Waals surface area contributed by atoms with Crippen LogP contribution in [-0.2, 0) is 4.74 Å². The van der Waals surface area contributed by atoms with Crippen molar-refractivity contribution in [2.45, 2.75) is 78.2 Å². The van der Waals surface area contributed by atoms with Crippen LogP contribution >= 0.6 is 0 Å². The van der Waals surface area contributed by atoms with Gasteiger partial charge in [0.1, 0.15) is 11.4 Å². The van der Waals surface area contributed by atoms with E-state index in [1.165, 1.54) is 11.1 Å². The SMILES string of the molecule is Cc1cc(C(=O)Nc2ccc(C3CCN(C(=O)OC(C)(C)C)CC3)cc2C2=CCC(C)CC2)no1. The van der Waals surface area contributed by atoms with Gasteiger partial charge in [-0.25, -0.2) is 4.79 Å². The minimum Gasteiger partial charge on any atom is -0.444 e. The molecule has 2 amide bonds. The molecule has 0 spiro atoms. The second-order valence-electron chi connectivity index (χ2n) is 10.9. The topological polar surface area (TPSA) is 84.7 Å². The van der Waals surface area contributed by atoms with Crippen molar-refractivity contribution < 1.29 is 18.8 Å². The van der Waals surface area contributed by atoms with E-state index in [2.05, 4.69) is 35.6 Å². The minimum atomic E-state index is -0.487. The van der Waals surface area contributed by atoms with E-state index in [4.69, 9.17) is 9.26 Å². The number of anilines is 1. The number of piperidine rings is 1. The van der Waals surface area contributed by atoms with Crippen molar-refractivity contribution in [3.8, 4) is 0 Å². The van der Waals surface area contributed by atoms with Crippen LogP contribution in [0.3, 0.4) is 0 Å². The van der Waals surface area contributed by atoms with Crippen LogP contribution in [0, 0.1) is 12.8 Å². The molecule has 35 heavy (non-hydrogen) atoms. The lowest BCUT2D eigenvalue weighted by Gasteiger charge is -2.34. The Bertz CT molecular complexity index is 1100. The molecule has 1 aliphatic heterocycles. The number of allylic oxidation sites excluding steroid dienone is 2. The third kappa shape index (κ3) is 6.32. The van der Waals surface area contributed by atoms with E-state index in [1.807, 2.05) is 31.7 Å². The van der Waals surface area contributed by atoms with Gasteiger partial charge in [0.05, 0.1) is 0 Å². The third-order valence-electron chi connectivity index (χ3n) is 6.79. The van der Waals surface area contributed by atoms with Gasteiger partial charge in [0, 0.05) is 30.4 Å². The number of rotatable bonds is 4. The standard InChI is InChI=1S/C28H37N3O4/c1-18-6-8-21(9-7-18)23-17-22(10-11-24(23)29-26(32)25-16-19(2)35-30-25)20-12-14-31(15-13-20)27(33)34-28(3,4)5/h8,10-11,16-18,20H,6-7,9,12-15H2,1-5H3,(H,29,32). The van der Waals surface area contributed by atoms with Gasteiger partial charge in [-0.2, -0.15) is 0 Å². The summed E-state index contributed by atoms with van der Waals surface area (Å²) < 4.78 is 10.6. The number of ether oxygens (including phenoxy) is 1. The van der Waals surface area contributed by atoms with Gasteiger partial charge in [0.15, 0.2) is 5.69 Å². The molecule has 1 atom stereocenters. The molecule has 0 radical (unpaired) electrons. The number of carbonyl (C=O) groups excluding carboxylic acids is 2. The van der Waals surface area contributed by atoms with Crippen LogP contribution in [0.4, 0.5) is 10.5 Å². The molecule has 2 heterocycles. The Kier molecular flexibility index (Phi) is 7.33. The molecule has 7 nitrogen and oxygen atoms in total. The highest BCUT2D eigenvalue weighted by atomic mass is 16.6. The fourth-order valence-electron chi connectivity index (χ4n) is 4.78. The maximum absolute atomic E-state index is 12.8. The Hall–Kier alpha value is -3.09. The number of likely N-dealkylation sites (tertiary alicyclic amines) is 1. The molecule has 1 fully saturated rings. The minimum absolute atomic E-state index is 0.237. The first-order chi connectivity index (χ1) is 16.6. The molecule has 0 bridgehead atoms. The molecule has 1 aromatic heterocycles. The summed E-state index contributed by atoms with van der Waals surface area (Å²) >= 11 is 0. The highest BCUT2D eigenvalue weighted by Crippen LogP contribution is 2.37. The van der Waals surface area contributed by atoms with Gasteiger partial charge in [-0.05, 0) is 94.9 Å². The first-order valence-corrected chi connectivity index (χ1v) is 12.6. The molecule has 1 aromatic carbocycles. The molecule has 2 aliphatic rings. The van der Waals surface area contributed by atoms with E-state index in [1.54, 1.807) is 13.0 Å². The van der Waals surface area contributed by atoms with Crippen LogP contribution in [0.5, 0.6) is 0 Å². The van der Waals surface area contributed by atoms with E-state index < -0.39 is 5.60 Å². The second kappa shape index (κ2) is 10.3. The maximum Gasteiger partial charge on any atom is 0.410 e. The highest BCUT2D eigenvalue weighted by Gasteiger charge is 2.28. The van der Waals surface area contributed by atoms with Crippen molar-refractivity contribution in [1.82, 2.24) is 10.1 Å². The molecule has 1 unspecified atom stereocenters. The predicted molar refractivity (Wildman–Crippen MR) is 136 cm³/mol. The summed E-state index contributed by atoms with van der Waals surface area (Å²) in [6, 6.07) is 7.99. The Morgan fingerprint density at radius 3 is 2.49 bits per heavy atom. The van der Waals surface area contributed by atoms with Gasteiger partial charge in [0.25, 0.3) is 5.91 Å². The fraction of sp³-hybridized carbons (Fsp3) is 0.536. The molecule has 2 aromatic rings. The van der Waals surface area contributed by atoms with Crippen LogP contribution < -0.4 is 5.32 Å². The molecule has 7 heteroatoms. The largest absolute Gasteiger partial charge is 0.444 e. The summed E-state index contributed by atoms with van der Waals surface area (Å²) in [5.41, 5.74) is 4.20. The number of nitrogens with one attached hydrogen (secondary N) is 1. The lowest BCUT2D eigenvalue weighted by atomic mass is 9.83. The van der Waals surface area contributed by atoms with Gasteiger partial charge in [0.2, 0.25) is 0 Å². The number of nitrogens with zero attached hydrogens (tertiary/aromatic N) is 2. The number of hydrogen-bond acceptors (Lipinski definition) is 5. The quantitative estimate of drug-likeness (QED) is 0.537. The first-order valence-electron chi connectivity index (χ1n) is 12.6. The van der Waals surface area contributed by atoms with Gasteiger partial charge >= 0.3 is 6.09 Å². The molecule has 1 saturated heterocycles. The summed E-state index contributed by atoms with van der Waals surface area (Å²) in [6.07, 6.45) is 7.03. The fourth-order valence-corrected chi connectivity index (χ4v) is 4.78. The van der Waals surface area contributed by atoms with Gasteiger partial charge in [-0.3, -0.25) is 4.79 Å². The predicted octanol–water partition coefficient (Wildman–Crippen LogP) is 6.55. The molecular weight excluding hydrogens is 442 g/mol. The van der Waals surface area contributed by atoms with Crippen LogP contribution in [0.2, 0.25) is 0 Å². The zero-order chi connectivity index (χ0) is 25.2. The lowest BCUT2D eigenvalue weighted by molar-refractivity contribution is 0.0204. The van der Waals surface area contributed by atoms with Crippen molar-refractivity contribution in [3.63, 3.8) is 0 Å². The number of hydrogen-bond donors (Lipinski definition) is 1. The van der Waals surface area contributed by atoms with E-state index in [0.29, 0.717) is 30.7 Å². The number of amides is 2. The van der Waals surface area contributed by atoms with Gasteiger partial charge in [-0.1, -0.05) is 24.2 Å². The van der Waals surface area contributed by atoms with Crippen molar-refractivity contribution in [2.75, 3.05) is 18.4 Å². The summed E-state index contributed by atoms with van der Waals surface area (Å²) in [7, 11) is 0. The molecule has 0 saturated carbocycles. The summed E-state index contributed by atoms with van der Waals surface area (Å²) in [6.45, 7) is 11.1. The Labute approximate surface area is 207 Å². The van der Waals surface area contributed by atoms with Crippen molar-refractivity contribution in [3.05, 3.63) is 52.9 Å². The molecule has 1 N–H and O–H groups in total. The van der Waals surface area contributed by atoms with Crippen molar-refractivity contribution in [1.29, 1.82) is 0 Å². The summed E-state index contributed by atoms with van der Waals surface area (Å²) in [5, 5.41) is 6.91. The summed E-state index contributed by atoms with van der Waals surface area (Å²) in [5.74, 6) is 1.37. The van der Waals surface area contributed by atoms with Crippen LogP contribution in [0.1, 0.15) is 93.1 Å². The maximum atomic E-state index is 12.8. The van der Waals surface area contributed by atoms with E-state index in [9.17, 15) is 9.59 Å². The lowest BCUT2D eigenvalue weighted by Crippen LogP contribution is -2.41. The first kappa shape index (κ1) is 25.0. The average Bonchev–Trinajstić information content (AvgIpc) is 3.25. The van der Waals surface area contributed by atoms with Gasteiger partial charge < -0.3 is 19.5 Å². The summed E-state index contributed by atoms with van der Waals surface area (Å²) in [4.78, 5) is 27.1. The Balaban J connectivity index is 1.53. The third-order valence-corrected chi connectivity index (χ3v) is 6.79. The number of benzene rings is 1. The van der Waals surface area contributed by atoms with E-state index in [0.717, 1.165) is 43.4 Å². The smallest absolute Gasteiger partial charge is 0.410 e. The van der Waals surface area contributed by atoms with Crippen LogP contribution in [0.25, 0.3) is 5.57 Å². The van der Waals surface area contributed by atoms with Gasteiger partial charge in [-0.15, -0.1) is 0 Å².